The highest BCUT2D eigenvalue weighted by molar-refractivity contribution is 5.94. The number of aryl methyl sites for hydroxylation is 1. The summed E-state index contributed by atoms with van der Waals surface area (Å²) >= 11 is 0. The summed E-state index contributed by atoms with van der Waals surface area (Å²) in [6, 6.07) is 4.41. The van der Waals surface area contributed by atoms with Gasteiger partial charge in [-0.2, -0.15) is 26.3 Å². The van der Waals surface area contributed by atoms with E-state index < -0.39 is 35.0 Å². The number of carbonyl (C=O) groups excluding carboxylic acids is 2. The number of rotatable bonds is 8. The van der Waals surface area contributed by atoms with Crippen LogP contribution in [0.25, 0.3) is 0 Å². The monoisotopic (exact) mass is 530 g/mol. The van der Waals surface area contributed by atoms with Gasteiger partial charge < -0.3 is 16.0 Å². The minimum atomic E-state index is -5.01. The van der Waals surface area contributed by atoms with Gasteiger partial charge in [-0.3, -0.25) is 9.59 Å². The van der Waals surface area contributed by atoms with Crippen LogP contribution in [-0.2, 0) is 17.1 Å². The molecule has 1 aromatic carbocycles. The van der Waals surface area contributed by atoms with Crippen molar-refractivity contribution in [2.24, 2.45) is 11.8 Å². The Morgan fingerprint density at radius 1 is 0.892 bits per heavy atom. The van der Waals surface area contributed by atoms with Gasteiger partial charge in [0, 0.05) is 18.3 Å². The summed E-state index contributed by atoms with van der Waals surface area (Å²) in [5, 5.41) is 8.29. The molecule has 6 nitrogen and oxygen atoms in total. The molecule has 0 bridgehead atoms. The van der Waals surface area contributed by atoms with Crippen LogP contribution in [0, 0.1) is 18.8 Å². The van der Waals surface area contributed by atoms with Gasteiger partial charge in [0.25, 0.3) is 5.91 Å². The van der Waals surface area contributed by atoms with Gasteiger partial charge in [-0.25, -0.2) is 4.98 Å². The molecule has 3 rings (SSSR count). The zero-order chi connectivity index (χ0) is 27.2. The third-order valence-electron chi connectivity index (χ3n) is 6.26. The Balaban J connectivity index is 1.42. The molecule has 2 amide bonds. The maximum absolute atomic E-state index is 13.0. The summed E-state index contributed by atoms with van der Waals surface area (Å²) in [6.07, 6.45) is -5.26. The first-order chi connectivity index (χ1) is 17.3. The molecular formula is C25H28F6N4O2. The highest BCUT2D eigenvalue weighted by Crippen LogP contribution is 2.36. The molecule has 0 aliphatic heterocycles. The SMILES string of the molecule is Cc1ccc(NC(=O)CNCC2CCC(CNC(=O)c3cc(C(F)(F)F)cc(C(F)(F)F)c3)CC2)nc1. The average molecular weight is 531 g/mol. The molecule has 2 aromatic rings. The van der Waals surface area contributed by atoms with Gasteiger partial charge in [0.15, 0.2) is 0 Å². The zero-order valence-electron chi connectivity index (χ0n) is 20.1. The van der Waals surface area contributed by atoms with E-state index in [0.717, 1.165) is 31.2 Å². The Labute approximate surface area is 210 Å². The Hall–Kier alpha value is -3.15. The van der Waals surface area contributed by atoms with E-state index in [2.05, 4.69) is 20.9 Å². The second kappa shape index (κ2) is 11.9. The van der Waals surface area contributed by atoms with Gasteiger partial charge in [-0.05, 0) is 80.8 Å². The second-order valence-corrected chi connectivity index (χ2v) is 9.29. The highest BCUT2D eigenvalue weighted by Gasteiger charge is 2.37. The molecule has 1 saturated carbocycles. The van der Waals surface area contributed by atoms with Gasteiger partial charge in [0.05, 0.1) is 17.7 Å². The Bertz CT molecular complexity index is 1050. The lowest BCUT2D eigenvalue weighted by Crippen LogP contribution is -2.35. The van der Waals surface area contributed by atoms with Gasteiger partial charge >= 0.3 is 12.4 Å². The molecule has 37 heavy (non-hydrogen) atoms. The van der Waals surface area contributed by atoms with Gasteiger partial charge in [-0.1, -0.05) is 6.07 Å². The molecule has 0 unspecified atom stereocenters. The number of nitrogens with one attached hydrogen (secondary N) is 3. The predicted octanol–water partition coefficient (Wildman–Crippen LogP) is 5.19. The quantitative estimate of drug-likeness (QED) is 0.410. The van der Waals surface area contributed by atoms with Crippen molar-refractivity contribution in [1.82, 2.24) is 15.6 Å². The number of pyridine rings is 1. The third-order valence-corrected chi connectivity index (χ3v) is 6.26. The van der Waals surface area contributed by atoms with Crippen molar-refractivity contribution in [2.75, 3.05) is 25.0 Å². The lowest BCUT2D eigenvalue weighted by Gasteiger charge is -2.28. The van der Waals surface area contributed by atoms with E-state index in [1.54, 1.807) is 12.3 Å². The molecule has 0 saturated heterocycles. The van der Waals surface area contributed by atoms with E-state index in [9.17, 15) is 35.9 Å². The number of amides is 2. The van der Waals surface area contributed by atoms with E-state index in [1.165, 1.54) is 0 Å². The summed E-state index contributed by atoms with van der Waals surface area (Å²) in [5.41, 5.74) is -2.75. The minimum Gasteiger partial charge on any atom is -0.352 e. The molecule has 202 valence electrons. The fraction of sp³-hybridized carbons (Fsp3) is 0.480. The molecule has 0 radical (unpaired) electrons. The molecule has 1 aliphatic rings. The molecule has 1 aromatic heterocycles. The van der Waals surface area contributed by atoms with Crippen LogP contribution in [0.4, 0.5) is 32.2 Å². The molecule has 12 heteroatoms. The summed E-state index contributed by atoms with van der Waals surface area (Å²) in [7, 11) is 0. The molecule has 1 fully saturated rings. The van der Waals surface area contributed by atoms with Crippen molar-refractivity contribution in [3.8, 4) is 0 Å². The van der Waals surface area contributed by atoms with E-state index in [4.69, 9.17) is 0 Å². The highest BCUT2D eigenvalue weighted by atomic mass is 19.4. The van der Waals surface area contributed by atoms with Gasteiger partial charge in [0.1, 0.15) is 5.82 Å². The Kier molecular flexibility index (Phi) is 9.16. The molecular weight excluding hydrogens is 502 g/mol. The van der Waals surface area contributed by atoms with Crippen LogP contribution in [0.2, 0.25) is 0 Å². The van der Waals surface area contributed by atoms with Crippen LogP contribution in [0.15, 0.2) is 36.5 Å². The van der Waals surface area contributed by atoms with E-state index in [1.807, 2.05) is 13.0 Å². The minimum absolute atomic E-state index is 0.00484. The fourth-order valence-electron chi connectivity index (χ4n) is 4.18. The van der Waals surface area contributed by atoms with Crippen LogP contribution >= 0.6 is 0 Å². The summed E-state index contributed by atoms with van der Waals surface area (Å²) in [5.74, 6) is -0.343. The van der Waals surface area contributed by atoms with Crippen molar-refractivity contribution in [1.29, 1.82) is 0 Å². The number of nitrogens with zero attached hydrogens (tertiary/aromatic N) is 1. The lowest BCUT2D eigenvalue weighted by molar-refractivity contribution is -0.143. The second-order valence-electron chi connectivity index (χ2n) is 9.29. The Morgan fingerprint density at radius 3 is 1.97 bits per heavy atom. The largest absolute Gasteiger partial charge is 0.416 e. The average Bonchev–Trinajstić information content (AvgIpc) is 2.83. The number of hydrogen-bond donors (Lipinski definition) is 3. The van der Waals surface area contributed by atoms with Crippen molar-refractivity contribution < 1.29 is 35.9 Å². The standard InChI is InChI=1S/C25H28F6N4O2/c1-15-2-7-21(33-11-15)35-22(36)14-32-12-16-3-5-17(6-4-16)13-34-23(37)18-8-19(24(26,27)28)10-20(9-18)25(29,30)31/h2,7-11,16-17,32H,3-6,12-14H2,1H3,(H,34,37)(H,33,35,36). The number of alkyl halides is 6. The van der Waals surface area contributed by atoms with Crippen molar-refractivity contribution in [3.05, 3.63) is 58.8 Å². The topological polar surface area (TPSA) is 83.1 Å². The number of benzene rings is 1. The van der Waals surface area contributed by atoms with Crippen LogP contribution < -0.4 is 16.0 Å². The van der Waals surface area contributed by atoms with Gasteiger partial charge in [0.2, 0.25) is 5.91 Å². The maximum atomic E-state index is 13.0. The number of anilines is 1. The molecule has 3 N–H and O–H groups in total. The van der Waals surface area contributed by atoms with Gasteiger partial charge in [-0.15, -0.1) is 0 Å². The van der Waals surface area contributed by atoms with E-state index >= 15 is 0 Å². The molecule has 1 aliphatic carbocycles. The molecule has 0 spiro atoms. The number of carbonyl (C=O) groups is 2. The van der Waals surface area contributed by atoms with Crippen molar-refractivity contribution in [2.45, 2.75) is 45.0 Å². The van der Waals surface area contributed by atoms with Crippen LogP contribution in [-0.4, -0.2) is 36.4 Å². The third kappa shape index (κ3) is 8.73. The Morgan fingerprint density at radius 2 is 1.46 bits per heavy atom. The van der Waals surface area contributed by atoms with Crippen molar-refractivity contribution in [3.63, 3.8) is 0 Å². The first-order valence-electron chi connectivity index (χ1n) is 11.8. The zero-order valence-corrected chi connectivity index (χ0v) is 20.1. The van der Waals surface area contributed by atoms with E-state index in [-0.39, 0.29) is 31.0 Å². The number of aromatic nitrogens is 1. The smallest absolute Gasteiger partial charge is 0.352 e. The maximum Gasteiger partial charge on any atom is 0.416 e. The summed E-state index contributed by atoms with van der Waals surface area (Å²) in [6.45, 7) is 2.80. The first kappa shape index (κ1) is 28.4. The summed E-state index contributed by atoms with van der Waals surface area (Å²) in [4.78, 5) is 28.5. The van der Waals surface area contributed by atoms with Crippen LogP contribution in [0.3, 0.4) is 0 Å². The lowest BCUT2D eigenvalue weighted by atomic mass is 9.82. The van der Waals surface area contributed by atoms with Crippen LogP contribution in [0.1, 0.15) is 52.7 Å². The fourth-order valence-corrected chi connectivity index (χ4v) is 4.18. The van der Waals surface area contributed by atoms with E-state index in [0.29, 0.717) is 30.4 Å². The number of halogens is 6. The van der Waals surface area contributed by atoms with Crippen LogP contribution in [0.5, 0.6) is 0 Å². The number of hydrogen-bond acceptors (Lipinski definition) is 4. The first-order valence-corrected chi connectivity index (χ1v) is 11.8. The molecule has 0 atom stereocenters. The molecule has 1 heterocycles. The predicted molar refractivity (Wildman–Crippen MR) is 125 cm³/mol. The summed E-state index contributed by atoms with van der Waals surface area (Å²) < 4.78 is 78.2. The normalized spacial score (nSPS) is 18.4. The van der Waals surface area contributed by atoms with Crippen molar-refractivity contribution >= 4 is 17.6 Å².